The second kappa shape index (κ2) is 16.7. The summed E-state index contributed by atoms with van der Waals surface area (Å²) >= 11 is 6.50. The Kier molecular flexibility index (Phi) is 13.6. The lowest BCUT2D eigenvalue weighted by Crippen LogP contribution is -2.16. The van der Waals surface area contributed by atoms with Crippen molar-refractivity contribution in [3.63, 3.8) is 0 Å². The van der Waals surface area contributed by atoms with Crippen molar-refractivity contribution in [3.8, 4) is 5.75 Å². The average Bonchev–Trinajstić information content (AvgIpc) is 3.28. The first-order valence-electron chi connectivity index (χ1n) is 12.6. The Morgan fingerprint density at radius 1 is 1.14 bits per heavy atom. The Bertz CT molecular complexity index is 970. The fraction of sp³-hybridized carbons (Fsp3) is 0.519. The molecule has 0 spiro atoms. The molecule has 1 fully saturated rings. The van der Waals surface area contributed by atoms with Crippen LogP contribution in [0.1, 0.15) is 68.7 Å². The third-order valence-corrected chi connectivity index (χ3v) is 6.45. The van der Waals surface area contributed by atoms with Gasteiger partial charge in [0.05, 0.1) is 35.2 Å². The standard InChI is InChI=1S/C23H30ClN3O.C3H6O2.CO2/c24-22-10-7-17-11-13-25-14-12-21(17)23(22)27-15-18-8-9-20(16-26-18)28-19-5-3-1-2-4-6-19;1-2-3(4)5;2-1-3/h7-10,16,19,25,27H,1-6,11-15H2;2H2,1H3,(H,4,5);. The number of carboxylic acid groups (broad SMARTS) is 1. The van der Waals surface area contributed by atoms with Crippen LogP contribution in [0.4, 0.5) is 5.69 Å². The summed E-state index contributed by atoms with van der Waals surface area (Å²) in [6.45, 7) is 4.28. The molecule has 0 radical (unpaired) electrons. The van der Waals surface area contributed by atoms with E-state index in [4.69, 9.17) is 31.0 Å². The van der Waals surface area contributed by atoms with E-state index in [0.717, 1.165) is 60.9 Å². The summed E-state index contributed by atoms with van der Waals surface area (Å²) in [5.74, 6) is 0.137. The zero-order valence-electron chi connectivity index (χ0n) is 20.9. The van der Waals surface area contributed by atoms with Crippen molar-refractivity contribution >= 4 is 29.4 Å². The molecule has 1 aliphatic carbocycles. The molecule has 3 N–H and O–H groups in total. The van der Waals surface area contributed by atoms with E-state index in [1.807, 2.05) is 18.3 Å². The van der Waals surface area contributed by atoms with E-state index >= 15 is 0 Å². The van der Waals surface area contributed by atoms with E-state index in [9.17, 15) is 4.79 Å². The van der Waals surface area contributed by atoms with Crippen molar-refractivity contribution in [1.82, 2.24) is 10.3 Å². The lowest BCUT2D eigenvalue weighted by Gasteiger charge is -2.17. The SMILES string of the molecule is CCC(=O)O.Clc1ccc2c(c1NCc1ccc(OC3CCCCCC3)cn1)CCNCC2.O=C=O. The molecule has 8 nitrogen and oxygen atoms in total. The number of nitrogens with one attached hydrogen (secondary N) is 2. The van der Waals surface area contributed by atoms with Crippen molar-refractivity contribution in [2.45, 2.75) is 77.4 Å². The summed E-state index contributed by atoms with van der Waals surface area (Å²) < 4.78 is 6.15. The van der Waals surface area contributed by atoms with Crippen molar-refractivity contribution in [3.05, 3.63) is 52.3 Å². The number of hydrogen-bond donors (Lipinski definition) is 3. The lowest BCUT2D eigenvalue weighted by atomic mass is 10.0. The summed E-state index contributed by atoms with van der Waals surface area (Å²) in [4.78, 5) is 30.2. The van der Waals surface area contributed by atoms with Gasteiger partial charge in [0.25, 0.3) is 0 Å². The molecular formula is C27H36ClN3O5. The number of carbonyl (C=O) groups excluding carboxylic acids is 2. The highest BCUT2D eigenvalue weighted by Gasteiger charge is 2.16. The van der Waals surface area contributed by atoms with Crippen LogP contribution in [0.15, 0.2) is 30.5 Å². The number of fused-ring (bicyclic) bond motifs is 1. The van der Waals surface area contributed by atoms with Gasteiger partial charge in [0.2, 0.25) is 0 Å². The van der Waals surface area contributed by atoms with Crippen LogP contribution in [0.5, 0.6) is 5.75 Å². The van der Waals surface area contributed by atoms with Crippen LogP contribution >= 0.6 is 11.6 Å². The lowest BCUT2D eigenvalue weighted by molar-refractivity contribution is -0.191. The largest absolute Gasteiger partial charge is 0.489 e. The molecule has 1 aliphatic heterocycles. The van der Waals surface area contributed by atoms with Crippen LogP contribution in [0.3, 0.4) is 0 Å². The molecule has 2 aliphatic rings. The van der Waals surface area contributed by atoms with Gasteiger partial charge in [0.1, 0.15) is 5.75 Å². The Labute approximate surface area is 217 Å². The number of aromatic nitrogens is 1. The van der Waals surface area contributed by atoms with Crippen molar-refractivity contribution in [2.24, 2.45) is 0 Å². The molecule has 36 heavy (non-hydrogen) atoms. The van der Waals surface area contributed by atoms with Gasteiger partial charge in [-0.1, -0.05) is 37.4 Å². The first kappa shape index (κ1) is 29.3. The molecular weight excluding hydrogens is 482 g/mol. The molecule has 2 heterocycles. The first-order chi connectivity index (χ1) is 17.5. The number of anilines is 1. The number of nitrogens with zero attached hydrogens (tertiary/aromatic N) is 1. The Morgan fingerprint density at radius 2 is 1.81 bits per heavy atom. The van der Waals surface area contributed by atoms with E-state index in [1.165, 1.54) is 36.8 Å². The van der Waals surface area contributed by atoms with Gasteiger partial charge < -0.3 is 20.5 Å². The topological polar surface area (TPSA) is 118 Å². The van der Waals surface area contributed by atoms with Gasteiger partial charge in [-0.15, -0.1) is 0 Å². The summed E-state index contributed by atoms with van der Waals surface area (Å²) in [5, 5.41) is 15.5. The van der Waals surface area contributed by atoms with Gasteiger partial charge in [-0.2, -0.15) is 9.59 Å². The second-order valence-electron chi connectivity index (χ2n) is 8.71. The number of rotatable bonds is 6. The normalized spacial score (nSPS) is 15.3. The third kappa shape index (κ3) is 10.4. The van der Waals surface area contributed by atoms with Crippen molar-refractivity contribution < 1.29 is 24.2 Å². The van der Waals surface area contributed by atoms with Gasteiger partial charge in [-0.05, 0) is 80.9 Å². The molecule has 0 saturated heterocycles. The zero-order valence-corrected chi connectivity index (χ0v) is 21.6. The van der Waals surface area contributed by atoms with E-state index in [-0.39, 0.29) is 12.6 Å². The molecule has 0 unspecified atom stereocenters. The summed E-state index contributed by atoms with van der Waals surface area (Å²) in [6, 6.07) is 8.26. The monoisotopic (exact) mass is 517 g/mol. The van der Waals surface area contributed by atoms with Crippen LogP contribution < -0.4 is 15.4 Å². The minimum atomic E-state index is -0.745. The molecule has 1 aromatic heterocycles. The van der Waals surface area contributed by atoms with Crippen LogP contribution in [-0.4, -0.2) is 41.4 Å². The molecule has 0 amide bonds. The highest BCUT2D eigenvalue weighted by molar-refractivity contribution is 6.33. The predicted octanol–water partition coefficient (Wildman–Crippen LogP) is 5.03. The number of aliphatic carboxylic acids is 1. The maximum absolute atomic E-state index is 9.37. The van der Waals surface area contributed by atoms with Crippen LogP contribution in [-0.2, 0) is 33.8 Å². The molecule has 4 rings (SSSR count). The van der Waals surface area contributed by atoms with Gasteiger partial charge in [0, 0.05) is 6.42 Å². The quantitative estimate of drug-likeness (QED) is 0.456. The molecule has 0 atom stereocenters. The molecule has 9 heteroatoms. The molecule has 196 valence electrons. The summed E-state index contributed by atoms with van der Waals surface area (Å²) in [7, 11) is 0. The maximum atomic E-state index is 9.37. The molecule has 1 saturated carbocycles. The van der Waals surface area contributed by atoms with Gasteiger partial charge in [-0.3, -0.25) is 9.78 Å². The Hall–Kier alpha value is -2.93. The summed E-state index contributed by atoms with van der Waals surface area (Å²) in [5.41, 5.74) is 4.78. The number of pyridine rings is 1. The molecule has 1 aromatic carbocycles. The number of carbonyl (C=O) groups is 1. The van der Waals surface area contributed by atoms with Crippen LogP contribution in [0.25, 0.3) is 0 Å². The first-order valence-corrected chi connectivity index (χ1v) is 12.9. The minimum Gasteiger partial charge on any atom is -0.489 e. The predicted molar refractivity (Wildman–Crippen MR) is 138 cm³/mol. The molecule has 0 bridgehead atoms. The Morgan fingerprint density at radius 3 is 2.42 bits per heavy atom. The van der Waals surface area contributed by atoms with Gasteiger partial charge in [0.15, 0.2) is 0 Å². The van der Waals surface area contributed by atoms with E-state index in [2.05, 4.69) is 27.8 Å². The smallest absolute Gasteiger partial charge is 0.373 e. The van der Waals surface area contributed by atoms with Crippen LogP contribution in [0.2, 0.25) is 5.02 Å². The summed E-state index contributed by atoms with van der Waals surface area (Å²) in [6.07, 6.45) is 12.3. The number of carboxylic acids is 1. The zero-order chi connectivity index (χ0) is 26.2. The van der Waals surface area contributed by atoms with Crippen molar-refractivity contribution in [1.29, 1.82) is 0 Å². The van der Waals surface area contributed by atoms with Crippen molar-refractivity contribution in [2.75, 3.05) is 18.4 Å². The van der Waals surface area contributed by atoms with Crippen LogP contribution in [0, 0.1) is 0 Å². The van der Waals surface area contributed by atoms with Gasteiger partial charge in [-0.25, -0.2) is 0 Å². The second-order valence-corrected chi connectivity index (χ2v) is 9.12. The van der Waals surface area contributed by atoms with E-state index in [0.29, 0.717) is 12.6 Å². The Balaban J connectivity index is 0.000000501. The number of ether oxygens (including phenoxy) is 1. The van der Waals surface area contributed by atoms with E-state index < -0.39 is 5.97 Å². The van der Waals surface area contributed by atoms with Gasteiger partial charge >= 0.3 is 12.1 Å². The highest BCUT2D eigenvalue weighted by atomic mass is 35.5. The number of hydrogen-bond acceptors (Lipinski definition) is 7. The molecule has 2 aromatic rings. The number of benzene rings is 1. The minimum absolute atomic E-state index is 0.222. The van der Waals surface area contributed by atoms with E-state index in [1.54, 1.807) is 6.92 Å². The highest BCUT2D eigenvalue weighted by Crippen LogP contribution is 2.31. The average molecular weight is 518 g/mol. The maximum Gasteiger partial charge on any atom is 0.373 e. The fourth-order valence-corrected chi connectivity index (χ4v) is 4.49. The fourth-order valence-electron chi connectivity index (χ4n) is 4.25. The number of halogens is 1. The third-order valence-electron chi connectivity index (χ3n) is 6.13.